The molecule has 22 heavy (non-hydrogen) atoms. The monoisotopic (exact) mass is 319 g/mol. The van der Waals surface area contributed by atoms with Gasteiger partial charge in [-0.2, -0.15) is 0 Å². The minimum atomic E-state index is -1.23. The number of hydrogen-bond acceptors (Lipinski definition) is 2. The van der Waals surface area contributed by atoms with Crippen molar-refractivity contribution in [3.8, 4) is 0 Å². The first-order chi connectivity index (χ1) is 10.6. The summed E-state index contributed by atoms with van der Waals surface area (Å²) in [6, 6.07) is 12.1. The molecule has 114 valence electrons. The van der Waals surface area contributed by atoms with Crippen LogP contribution < -0.4 is 4.90 Å². The molecule has 0 aromatic heterocycles. The van der Waals surface area contributed by atoms with Crippen molar-refractivity contribution >= 4 is 23.3 Å². The number of carboxylic acids is 1. The summed E-state index contributed by atoms with van der Waals surface area (Å²) in [5, 5.41) is 9.70. The standard InChI is InChI=1S/C17H15ClFNO2/c18-12-3-1-4-13(9-12)20-8-7-11(10-20)14-5-2-6-15(16(14)19)17(21)22/h1-6,9,11H,7-8,10H2,(H,21,22). The molecule has 0 radical (unpaired) electrons. The Morgan fingerprint density at radius 3 is 2.77 bits per heavy atom. The summed E-state index contributed by atoms with van der Waals surface area (Å²) in [6.45, 7) is 1.45. The topological polar surface area (TPSA) is 40.5 Å². The van der Waals surface area contributed by atoms with E-state index < -0.39 is 11.8 Å². The van der Waals surface area contributed by atoms with Crippen LogP contribution in [0.4, 0.5) is 10.1 Å². The summed E-state index contributed by atoms with van der Waals surface area (Å²) >= 11 is 6.01. The molecule has 0 spiro atoms. The molecule has 5 heteroatoms. The van der Waals surface area contributed by atoms with Gasteiger partial charge in [0.2, 0.25) is 0 Å². The lowest BCUT2D eigenvalue weighted by atomic mass is 9.96. The molecule has 1 unspecified atom stereocenters. The highest BCUT2D eigenvalue weighted by molar-refractivity contribution is 6.30. The molecule has 1 fully saturated rings. The number of rotatable bonds is 3. The van der Waals surface area contributed by atoms with E-state index in [1.807, 2.05) is 24.3 Å². The molecular formula is C17H15ClFNO2. The summed E-state index contributed by atoms with van der Waals surface area (Å²) in [6.07, 6.45) is 0.784. The number of carbonyl (C=O) groups is 1. The number of hydrogen-bond donors (Lipinski definition) is 1. The third kappa shape index (κ3) is 2.79. The van der Waals surface area contributed by atoms with Crippen molar-refractivity contribution in [2.24, 2.45) is 0 Å². The SMILES string of the molecule is O=C(O)c1cccc(C2CCN(c3cccc(Cl)c3)C2)c1F. The van der Waals surface area contributed by atoms with E-state index in [1.165, 1.54) is 6.07 Å². The fourth-order valence-corrected chi connectivity index (χ4v) is 3.14. The maximum absolute atomic E-state index is 14.3. The van der Waals surface area contributed by atoms with Crippen LogP contribution in [0, 0.1) is 5.82 Å². The number of halogens is 2. The summed E-state index contributed by atoms with van der Waals surface area (Å²) in [5.41, 5.74) is 1.22. The largest absolute Gasteiger partial charge is 0.478 e. The highest BCUT2D eigenvalue weighted by Gasteiger charge is 2.28. The second-order valence-corrected chi connectivity index (χ2v) is 5.86. The van der Waals surface area contributed by atoms with Gasteiger partial charge in [0.15, 0.2) is 0 Å². The summed E-state index contributed by atoms with van der Waals surface area (Å²) in [4.78, 5) is 13.2. The lowest BCUT2D eigenvalue weighted by Crippen LogP contribution is -2.19. The van der Waals surface area contributed by atoms with Gasteiger partial charge in [-0.1, -0.05) is 29.8 Å². The van der Waals surface area contributed by atoms with Crippen molar-refractivity contribution in [2.75, 3.05) is 18.0 Å². The molecule has 3 rings (SSSR count). The van der Waals surface area contributed by atoms with E-state index in [0.29, 0.717) is 17.1 Å². The quantitative estimate of drug-likeness (QED) is 0.923. The summed E-state index contributed by atoms with van der Waals surface area (Å²) < 4.78 is 14.3. The number of anilines is 1. The van der Waals surface area contributed by atoms with Gasteiger partial charge in [-0.05, 0) is 36.2 Å². The normalized spacial score (nSPS) is 17.7. The first kappa shape index (κ1) is 14.9. The zero-order chi connectivity index (χ0) is 15.7. The van der Waals surface area contributed by atoms with Crippen molar-refractivity contribution < 1.29 is 14.3 Å². The number of carboxylic acid groups (broad SMARTS) is 1. The molecule has 2 aromatic rings. The van der Waals surface area contributed by atoms with Gasteiger partial charge in [0.05, 0.1) is 5.56 Å². The van der Waals surface area contributed by atoms with Gasteiger partial charge in [0, 0.05) is 29.7 Å². The van der Waals surface area contributed by atoms with Gasteiger partial charge >= 0.3 is 5.97 Å². The molecule has 0 aliphatic carbocycles. The molecule has 1 heterocycles. The first-order valence-electron chi connectivity index (χ1n) is 7.08. The Kier molecular flexibility index (Phi) is 4.03. The van der Waals surface area contributed by atoms with Crippen molar-refractivity contribution in [3.63, 3.8) is 0 Å². The van der Waals surface area contributed by atoms with Gasteiger partial charge in [-0.15, -0.1) is 0 Å². The number of aromatic carboxylic acids is 1. The van der Waals surface area contributed by atoms with Crippen LogP contribution in [0.2, 0.25) is 5.02 Å². The van der Waals surface area contributed by atoms with Crippen LogP contribution in [0.1, 0.15) is 28.3 Å². The lowest BCUT2D eigenvalue weighted by Gasteiger charge is -2.19. The minimum absolute atomic E-state index is 0.0155. The predicted octanol–water partition coefficient (Wildman–Crippen LogP) is 4.17. The predicted molar refractivity (Wildman–Crippen MR) is 84.4 cm³/mol. The van der Waals surface area contributed by atoms with Crippen molar-refractivity contribution in [2.45, 2.75) is 12.3 Å². The molecule has 3 nitrogen and oxygen atoms in total. The Morgan fingerprint density at radius 2 is 2.05 bits per heavy atom. The maximum atomic E-state index is 14.3. The smallest absolute Gasteiger partial charge is 0.338 e. The van der Waals surface area contributed by atoms with E-state index in [2.05, 4.69) is 4.90 Å². The van der Waals surface area contributed by atoms with Crippen LogP contribution in [-0.2, 0) is 0 Å². The molecule has 1 aliphatic rings. The Bertz CT molecular complexity index is 720. The van der Waals surface area contributed by atoms with Crippen LogP contribution in [0.25, 0.3) is 0 Å². The van der Waals surface area contributed by atoms with Gasteiger partial charge in [-0.25, -0.2) is 9.18 Å². The second kappa shape index (κ2) is 5.97. The molecule has 2 aromatic carbocycles. The zero-order valence-electron chi connectivity index (χ0n) is 11.8. The van der Waals surface area contributed by atoms with E-state index in [9.17, 15) is 9.18 Å². The van der Waals surface area contributed by atoms with Crippen LogP contribution in [0.5, 0.6) is 0 Å². The fourth-order valence-electron chi connectivity index (χ4n) is 2.95. The molecule has 1 atom stereocenters. The lowest BCUT2D eigenvalue weighted by molar-refractivity contribution is 0.0691. The van der Waals surface area contributed by atoms with Crippen molar-refractivity contribution in [1.29, 1.82) is 0 Å². The molecule has 0 saturated carbocycles. The molecule has 1 N–H and O–H groups in total. The second-order valence-electron chi connectivity index (χ2n) is 5.43. The van der Waals surface area contributed by atoms with E-state index in [1.54, 1.807) is 12.1 Å². The third-order valence-corrected chi connectivity index (χ3v) is 4.30. The molecule has 1 saturated heterocycles. The Morgan fingerprint density at radius 1 is 1.27 bits per heavy atom. The van der Waals surface area contributed by atoms with E-state index >= 15 is 0 Å². The Balaban J connectivity index is 1.84. The van der Waals surface area contributed by atoms with Gasteiger partial charge in [0.25, 0.3) is 0 Å². The van der Waals surface area contributed by atoms with E-state index in [-0.39, 0.29) is 11.5 Å². The van der Waals surface area contributed by atoms with Gasteiger partial charge in [-0.3, -0.25) is 0 Å². The van der Waals surface area contributed by atoms with Crippen LogP contribution in [0.15, 0.2) is 42.5 Å². The van der Waals surface area contributed by atoms with E-state index in [4.69, 9.17) is 16.7 Å². The molecule has 0 bridgehead atoms. The molecule has 1 aliphatic heterocycles. The highest BCUT2D eigenvalue weighted by Crippen LogP contribution is 2.33. The van der Waals surface area contributed by atoms with Crippen molar-refractivity contribution in [3.05, 3.63) is 64.4 Å². The Labute approximate surface area is 132 Å². The number of nitrogens with zero attached hydrogens (tertiary/aromatic N) is 1. The average molecular weight is 320 g/mol. The fraction of sp³-hybridized carbons (Fsp3) is 0.235. The third-order valence-electron chi connectivity index (χ3n) is 4.06. The van der Waals surface area contributed by atoms with Crippen LogP contribution >= 0.6 is 11.6 Å². The minimum Gasteiger partial charge on any atom is -0.478 e. The summed E-state index contributed by atoms with van der Waals surface area (Å²) in [5.74, 6) is -1.87. The first-order valence-corrected chi connectivity index (χ1v) is 7.46. The average Bonchev–Trinajstić information content (AvgIpc) is 2.97. The highest BCUT2D eigenvalue weighted by atomic mass is 35.5. The van der Waals surface area contributed by atoms with Crippen molar-refractivity contribution in [1.82, 2.24) is 0 Å². The van der Waals surface area contributed by atoms with Crippen LogP contribution in [0.3, 0.4) is 0 Å². The zero-order valence-corrected chi connectivity index (χ0v) is 12.6. The molecular weight excluding hydrogens is 305 g/mol. The number of benzene rings is 2. The van der Waals surface area contributed by atoms with Gasteiger partial charge < -0.3 is 10.0 Å². The Hall–Kier alpha value is -2.07. The van der Waals surface area contributed by atoms with Gasteiger partial charge in [0.1, 0.15) is 5.82 Å². The summed E-state index contributed by atoms with van der Waals surface area (Å²) in [7, 11) is 0. The van der Waals surface area contributed by atoms with Crippen LogP contribution in [-0.4, -0.2) is 24.2 Å². The molecule has 0 amide bonds. The van der Waals surface area contributed by atoms with E-state index in [0.717, 1.165) is 18.7 Å². The maximum Gasteiger partial charge on any atom is 0.338 e.